The molecule has 0 fully saturated rings. The van der Waals surface area contributed by atoms with Gasteiger partial charge in [0.1, 0.15) is 5.82 Å². The first-order chi connectivity index (χ1) is 14.6. The Hall–Kier alpha value is -3.63. The van der Waals surface area contributed by atoms with E-state index in [0.29, 0.717) is 10.9 Å². The monoisotopic (exact) mass is 390 g/mol. The van der Waals surface area contributed by atoms with Crippen molar-refractivity contribution in [1.29, 1.82) is 0 Å². The molecule has 0 bridgehead atoms. The Morgan fingerprint density at radius 1 is 0.833 bits per heavy atom. The van der Waals surface area contributed by atoms with Gasteiger partial charge in [0.25, 0.3) is 0 Å². The van der Waals surface area contributed by atoms with Crippen molar-refractivity contribution in [2.75, 3.05) is 0 Å². The van der Waals surface area contributed by atoms with Crippen molar-refractivity contribution < 1.29 is 4.39 Å². The molecule has 4 rings (SSSR count). The molecule has 0 aliphatic carbocycles. The van der Waals surface area contributed by atoms with Gasteiger partial charge in [-0.15, -0.1) is 6.58 Å². The second-order valence-electron chi connectivity index (χ2n) is 7.50. The zero-order valence-corrected chi connectivity index (χ0v) is 17.1. The maximum absolute atomic E-state index is 15.1. The molecule has 30 heavy (non-hydrogen) atoms. The number of benzene rings is 4. The number of rotatable bonds is 4. The van der Waals surface area contributed by atoms with Gasteiger partial charge in [-0.05, 0) is 66.1 Å². The van der Waals surface area contributed by atoms with E-state index in [-0.39, 0.29) is 5.82 Å². The third-order valence-corrected chi connectivity index (χ3v) is 5.27. The number of fused-ring (bicyclic) bond motifs is 1. The smallest absolute Gasteiger partial charge is 0.146 e. The van der Waals surface area contributed by atoms with E-state index in [1.165, 1.54) is 11.1 Å². The molecule has 0 N–H and O–H groups in total. The second kappa shape index (κ2) is 8.80. The minimum atomic E-state index is -0.266. The minimum Gasteiger partial charge on any atom is -0.205 e. The molecule has 4 aromatic carbocycles. The van der Waals surface area contributed by atoms with Gasteiger partial charge < -0.3 is 0 Å². The number of halogens is 1. The molecular weight excluding hydrogens is 367 g/mol. The van der Waals surface area contributed by atoms with E-state index in [0.717, 1.165) is 34.9 Å². The van der Waals surface area contributed by atoms with E-state index < -0.39 is 0 Å². The van der Waals surface area contributed by atoms with Crippen LogP contribution in [0.15, 0.2) is 91.5 Å². The van der Waals surface area contributed by atoms with Crippen LogP contribution in [0.4, 0.5) is 4.39 Å². The first-order valence-electron chi connectivity index (χ1n) is 10.2. The Morgan fingerprint density at radius 2 is 1.57 bits per heavy atom. The molecule has 0 saturated carbocycles. The van der Waals surface area contributed by atoms with E-state index in [1.807, 2.05) is 42.5 Å². The molecule has 0 amide bonds. The SMILES string of the molecule is C=CCCc1ccc(C#Cc2ccc3cc(-c4ccc(C)cc4)ccc3c2F)cc1. The highest BCUT2D eigenvalue weighted by atomic mass is 19.1. The van der Waals surface area contributed by atoms with Gasteiger partial charge in [0.2, 0.25) is 0 Å². The summed E-state index contributed by atoms with van der Waals surface area (Å²) in [7, 11) is 0. The van der Waals surface area contributed by atoms with Crippen molar-refractivity contribution in [2.45, 2.75) is 19.8 Å². The number of aryl methyl sites for hydroxylation is 2. The Kier molecular flexibility index (Phi) is 5.77. The quantitative estimate of drug-likeness (QED) is 0.250. The van der Waals surface area contributed by atoms with Crippen molar-refractivity contribution in [3.63, 3.8) is 0 Å². The molecule has 0 unspecified atom stereocenters. The molecule has 0 aromatic heterocycles. The zero-order chi connectivity index (χ0) is 20.9. The third kappa shape index (κ3) is 4.34. The summed E-state index contributed by atoms with van der Waals surface area (Å²) in [5.41, 5.74) is 5.98. The minimum absolute atomic E-state index is 0.266. The molecular formula is C29H23F. The zero-order valence-electron chi connectivity index (χ0n) is 17.1. The summed E-state index contributed by atoms with van der Waals surface area (Å²) in [6.45, 7) is 5.82. The Balaban J connectivity index is 1.61. The lowest BCUT2D eigenvalue weighted by molar-refractivity contribution is 0.636. The predicted octanol–water partition coefficient (Wildman–Crippen LogP) is 7.47. The summed E-state index contributed by atoms with van der Waals surface area (Å²) >= 11 is 0. The van der Waals surface area contributed by atoms with Crippen molar-refractivity contribution >= 4 is 10.8 Å². The summed E-state index contributed by atoms with van der Waals surface area (Å²) < 4.78 is 15.1. The van der Waals surface area contributed by atoms with Crippen LogP contribution < -0.4 is 0 Å². The average Bonchev–Trinajstić information content (AvgIpc) is 2.78. The topological polar surface area (TPSA) is 0 Å². The highest BCUT2D eigenvalue weighted by Crippen LogP contribution is 2.27. The van der Waals surface area contributed by atoms with E-state index in [4.69, 9.17) is 0 Å². The van der Waals surface area contributed by atoms with Gasteiger partial charge in [-0.1, -0.05) is 78.1 Å². The molecule has 0 radical (unpaired) electrons. The first-order valence-corrected chi connectivity index (χ1v) is 10.2. The summed E-state index contributed by atoms with van der Waals surface area (Å²) in [5.74, 6) is 5.81. The van der Waals surface area contributed by atoms with Gasteiger partial charge in [0.05, 0.1) is 5.56 Å². The number of hydrogen-bond acceptors (Lipinski definition) is 0. The van der Waals surface area contributed by atoms with Gasteiger partial charge in [-0.3, -0.25) is 0 Å². The van der Waals surface area contributed by atoms with Crippen LogP contribution in [0, 0.1) is 24.6 Å². The molecule has 146 valence electrons. The highest BCUT2D eigenvalue weighted by molar-refractivity contribution is 5.89. The summed E-state index contributed by atoms with van der Waals surface area (Å²) in [4.78, 5) is 0. The molecule has 0 saturated heterocycles. The lowest BCUT2D eigenvalue weighted by atomic mass is 9.99. The van der Waals surface area contributed by atoms with E-state index >= 15 is 4.39 Å². The van der Waals surface area contributed by atoms with Crippen LogP contribution >= 0.6 is 0 Å². The van der Waals surface area contributed by atoms with Gasteiger partial charge in [0.15, 0.2) is 0 Å². The Morgan fingerprint density at radius 3 is 2.30 bits per heavy atom. The lowest BCUT2D eigenvalue weighted by Crippen LogP contribution is -1.88. The predicted molar refractivity (Wildman–Crippen MR) is 125 cm³/mol. The molecule has 0 spiro atoms. The van der Waals surface area contributed by atoms with Gasteiger partial charge >= 0.3 is 0 Å². The van der Waals surface area contributed by atoms with Gasteiger partial charge in [-0.2, -0.15) is 0 Å². The van der Waals surface area contributed by atoms with Crippen LogP contribution in [0.2, 0.25) is 0 Å². The van der Waals surface area contributed by atoms with Crippen molar-refractivity contribution in [3.05, 3.63) is 120 Å². The van der Waals surface area contributed by atoms with Gasteiger partial charge in [0, 0.05) is 10.9 Å². The Labute approximate surface area is 177 Å². The van der Waals surface area contributed by atoms with Crippen LogP contribution in [0.5, 0.6) is 0 Å². The maximum Gasteiger partial charge on any atom is 0.146 e. The molecule has 1 heteroatoms. The van der Waals surface area contributed by atoms with Crippen LogP contribution in [-0.2, 0) is 6.42 Å². The summed E-state index contributed by atoms with van der Waals surface area (Å²) in [6, 6.07) is 26.0. The molecule has 0 aliphatic rings. The molecule has 0 atom stereocenters. The normalized spacial score (nSPS) is 10.5. The third-order valence-electron chi connectivity index (χ3n) is 5.27. The summed E-state index contributed by atoms with van der Waals surface area (Å²) in [6.07, 6.45) is 3.85. The fourth-order valence-corrected chi connectivity index (χ4v) is 3.48. The van der Waals surface area contributed by atoms with E-state index in [1.54, 1.807) is 6.07 Å². The molecule has 4 aromatic rings. The van der Waals surface area contributed by atoms with Gasteiger partial charge in [-0.25, -0.2) is 4.39 Å². The maximum atomic E-state index is 15.1. The Bertz CT molecular complexity index is 1250. The van der Waals surface area contributed by atoms with Crippen molar-refractivity contribution in [2.24, 2.45) is 0 Å². The van der Waals surface area contributed by atoms with Crippen LogP contribution in [-0.4, -0.2) is 0 Å². The first kappa shape index (κ1) is 19.7. The fraction of sp³-hybridized carbons (Fsp3) is 0.103. The van der Waals surface area contributed by atoms with Crippen LogP contribution in [0.25, 0.3) is 21.9 Å². The summed E-state index contributed by atoms with van der Waals surface area (Å²) in [5, 5.41) is 1.47. The molecule has 0 heterocycles. The standard InChI is InChI=1S/C29H23F/c1-3-4-5-22-8-10-23(11-9-22)12-15-25-16-17-27-20-26(18-19-28(27)29(25)30)24-13-6-21(2)7-14-24/h3,6-11,13-14,16-20H,1,4-5H2,2H3. The molecule has 0 aliphatic heterocycles. The van der Waals surface area contributed by atoms with Crippen molar-refractivity contribution in [1.82, 2.24) is 0 Å². The lowest BCUT2D eigenvalue weighted by Gasteiger charge is -2.07. The largest absolute Gasteiger partial charge is 0.205 e. The van der Waals surface area contributed by atoms with Crippen LogP contribution in [0.3, 0.4) is 0 Å². The van der Waals surface area contributed by atoms with Crippen molar-refractivity contribution in [3.8, 4) is 23.0 Å². The fourth-order valence-electron chi connectivity index (χ4n) is 3.48. The second-order valence-corrected chi connectivity index (χ2v) is 7.50. The van der Waals surface area contributed by atoms with Crippen LogP contribution in [0.1, 0.15) is 28.7 Å². The van der Waals surface area contributed by atoms with E-state index in [2.05, 4.69) is 61.7 Å². The van der Waals surface area contributed by atoms with E-state index in [9.17, 15) is 0 Å². The highest BCUT2D eigenvalue weighted by Gasteiger charge is 2.07. The molecule has 0 nitrogen and oxygen atoms in total. The average molecular weight is 391 g/mol. The number of hydrogen-bond donors (Lipinski definition) is 0. The number of allylic oxidation sites excluding steroid dienone is 1.